The maximum absolute atomic E-state index is 14.1. The molecule has 20 heteroatoms. The zero-order valence-corrected chi connectivity index (χ0v) is 41.5. The third kappa shape index (κ3) is 12.3. The number of alkyl carbamates (subject to hydrolysis) is 1. The van der Waals surface area contributed by atoms with E-state index in [9.17, 15) is 37.1 Å². The second-order valence-corrected chi connectivity index (χ2v) is 21.5. The lowest BCUT2D eigenvalue weighted by atomic mass is 9.84. The Morgan fingerprint density at radius 1 is 0.806 bits per heavy atom. The second kappa shape index (κ2) is 22.6. The van der Waals surface area contributed by atoms with Gasteiger partial charge in [0.15, 0.2) is 11.5 Å². The van der Waals surface area contributed by atoms with E-state index >= 15 is 0 Å². The molecule has 72 heavy (non-hydrogen) atoms. The van der Waals surface area contributed by atoms with Crippen molar-refractivity contribution in [3.8, 4) is 17.2 Å². The van der Waals surface area contributed by atoms with Crippen molar-refractivity contribution in [2.75, 3.05) is 52.4 Å². The normalized spacial score (nSPS) is 20.6. The van der Waals surface area contributed by atoms with Gasteiger partial charge in [0.25, 0.3) is 0 Å². The summed E-state index contributed by atoms with van der Waals surface area (Å²) in [6.45, 7) is -0.0992. The van der Waals surface area contributed by atoms with E-state index in [1.807, 2.05) is 54.6 Å². The number of piperazine rings is 1. The van der Waals surface area contributed by atoms with Gasteiger partial charge in [0, 0.05) is 48.9 Å². The molecule has 5 fully saturated rings. The Kier molecular flexibility index (Phi) is 16.0. The number of fused-ring (bicyclic) bond motifs is 3. The van der Waals surface area contributed by atoms with Gasteiger partial charge in [0.05, 0.1) is 29.6 Å². The molecule has 0 radical (unpaired) electrons. The minimum atomic E-state index is -4.04. The molecule has 4 aromatic carbocycles. The standard InChI is InChI=1S/C52H55Cl2F2N5O10S/c53-43-28-60(65)29-44(54)42(43)27-41(37-13-16-45(70-51(55)56)46(26-37)69-32-33-9-10-33)49(50(62)63)59-21-23-61(24-22-59)72(66,67)40-14-11-34(12-15-40)31-68-39-8-4-7-38(25-39)48(36-5-2-1-3-6-36)57-52(64)71-47-30-58-19-17-35(47)18-20-58/h1-8,11-16,25-26,28-29,33,35,41,47-49,51H,9-10,17-24,27,30-32H2,(H2-,57,62,63,64,65)/t41-,47-,48-,49?/m0/s1. The first kappa shape index (κ1) is 51.2. The van der Waals surface area contributed by atoms with Gasteiger partial charge in [0.2, 0.25) is 22.4 Å². The predicted octanol–water partition coefficient (Wildman–Crippen LogP) is 6.85. The van der Waals surface area contributed by atoms with E-state index in [-0.39, 0.29) is 84.3 Å². The van der Waals surface area contributed by atoms with Gasteiger partial charge in [-0.05, 0) is 116 Å². The smallest absolute Gasteiger partial charge is 0.408 e. The Hall–Kier alpha value is -5.76. The number of nitrogens with zero attached hydrogens (tertiary/aromatic N) is 4. The molecular formula is C52H55Cl2F2N5O10S. The zero-order valence-electron chi connectivity index (χ0n) is 39.2. The number of carboxylic acid groups (broad SMARTS) is 1. The van der Waals surface area contributed by atoms with Crippen molar-refractivity contribution in [3.63, 3.8) is 0 Å². The number of alkyl halides is 2. The molecule has 2 N–H and O–H groups in total. The van der Waals surface area contributed by atoms with Gasteiger partial charge in [-0.3, -0.25) is 15.0 Å². The number of aromatic nitrogens is 1. The molecule has 5 aromatic rings. The highest BCUT2D eigenvalue weighted by atomic mass is 35.5. The number of rotatable bonds is 20. The van der Waals surface area contributed by atoms with E-state index in [1.165, 1.54) is 47.0 Å². The number of benzene rings is 4. The van der Waals surface area contributed by atoms with Crippen LogP contribution in [0.5, 0.6) is 17.2 Å². The third-order valence-corrected chi connectivity index (χ3v) is 16.5. The Morgan fingerprint density at radius 2 is 1.50 bits per heavy atom. The van der Waals surface area contributed by atoms with Crippen LogP contribution >= 0.6 is 23.2 Å². The van der Waals surface area contributed by atoms with Crippen LogP contribution in [0.4, 0.5) is 13.6 Å². The number of ether oxygens (including phenoxy) is 4. The van der Waals surface area contributed by atoms with E-state index in [1.54, 1.807) is 17.0 Å². The fourth-order valence-electron chi connectivity index (χ4n) is 9.91. The highest BCUT2D eigenvalue weighted by molar-refractivity contribution is 7.89. The minimum Gasteiger partial charge on any atom is -0.548 e. The molecule has 2 bridgehead atoms. The molecule has 15 nitrogen and oxygen atoms in total. The Morgan fingerprint density at radius 3 is 2.14 bits per heavy atom. The topological polar surface area (TPSA) is 174 Å². The number of sulfonamides is 1. The molecule has 1 amide bonds. The van der Waals surface area contributed by atoms with Crippen LogP contribution in [0.3, 0.4) is 0 Å². The number of amides is 1. The first-order valence-corrected chi connectivity index (χ1v) is 26.2. The highest BCUT2D eigenvalue weighted by Crippen LogP contribution is 2.40. The molecule has 4 atom stereocenters. The molecule has 1 aromatic heterocycles. The van der Waals surface area contributed by atoms with E-state index in [4.69, 9.17) is 42.1 Å². The van der Waals surface area contributed by atoms with Gasteiger partial charge >= 0.3 is 12.7 Å². The highest BCUT2D eigenvalue weighted by Gasteiger charge is 2.39. The van der Waals surface area contributed by atoms with Crippen molar-refractivity contribution < 1.29 is 60.8 Å². The van der Waals surface area contributed by atoms with Gasteiger partial charge in [0.1, 0.15) is 28.5 Å². The lowest BCUT2D eigenvalue weighted by Crippen LogP contribution is -2.58. The Balaban J connectivity index is 0.863. The lowest BCUT2D eigenvalue weighted by Gasteiger charge is -2.43. The quantitative estimate of drug-likeness (QED) is 0.0615. The van der Waals surface area contributed by atoms with Crippen LogP contribution < -0.4 is 29.4 Å². The van der Waals surface area contributed by atoms with Crippen LogP contribution in [0.25, 0.3) is 0 Å². The summed E-state index contributed by atoms with van der Waals surface area (Å²) >= 11 is 13.1. The van der Waals surface area contributed by atoms with Crippen LogP contribution in [-0.4, -0.2) is 111 Å². The summed E-state index contributed by atoms with van der Waals surface area (Å²) in [6.07, 6.45) is 5.55. The van der Waals surface area contributed by atoms with Gasteiger partial charge in [-0.1, -0.05) is 83.9 Å². The van der Waals surface area contributed by atoms with Crippen LogP contribution in [0, 0.1) is 11.8 Å². The van der Waals surface area contributed by atoms with Crippen LogP contribution in [0.15, 0.2) is 114 Å². The van der Waals surface area contributed by atoms with Crippen LogP contribution in [0.2, 0.25) is 10.0 Å². The third-order valence-electron chi connectivity index (χ3n) is 14.0. The minimum absolute atomic E-state index is 0.00236. The largest absolute Gasteiger partial charge is 0.548 e. The van der Waals surface area contributed by atoms with Crippen molar-refractivity contribution in [2.45, 2.75) is 74.3 Å². The fourth-order valence-corrected chi connectivity index (χ4v) is 11.9. The van der Waals surface area contributed by atoms with Gasteiger partial charge < -0.3 is 34.2 Å². The fraction of sp³-hybridized carbons (Fsp3) is 0.404. The van der Waals surface area contributed by atoms with Gasteiger partial charge in [-0.2, -0.15) is 13.1 Å². The Labute approximate surface area is 426 Å². The molecule has 1 aliphatic carbocycles. The number of hydrogen-bond acceptors (Lipinski definition) is 12. The number of carboxylic acids is 1. The number of carbonyl (C=O) groups excluding carboxylic acids is 2. The number of pyridine rings is 1. The number of hydrogen-bond donors (Lipinski definition) is 2. The number of nitrogens with one attached hydrogen (secondary N) is 1. The number of aliphatic carboxylic acids is 1. The summed E-state index contributed by atoms with van der Waals surface area (Å²) in [5.41, 5.74) is 3.03. The molecule has 5 aliphatic rings. The monoisotopic (exact) mass is 1050 g/mol. The van der Waals surface area contributed by atoms with E-state index in [2.05, 4.69) is 10.2 Å². The summed E-state index contributed by atoms with van der Waals surface area (Å²) < 4.78 is 79.9. The zero-order chi connectivity index (χ0) is 50.5. The predicted molar refractivity (Wildman–Crippen MR) is 259 cm³/mol. The maximum Gasteiger partial charge on any atom is 0.408 e. The molecule has 4 saturated heterocycles. The molecule has 0 spiro atoms. The average Bonchev–Trinajstić information content (AvgIpc) is 4.21. The van der Waals surface area contributed by atoms with Crippen molar-refractivity contribution in [1.82, 2.24) is 19.4 Å². The van der Waals surface area contributed by atoms with Crippen molar-refractivity contribution in [3.05, 3.63) is 147 Å². The van der Waals surface area contributed by atoms with Gasteiger partial charge in [-0.15, -0.1) is 0 Å². The van der Waals surface area contributed by atoms with Crippen molar-refractivity contribution >= 4 is 45.3 Å². The van der Waals surface area contributed by atoms with Crippen LogP contribution in [0.1, 0.15) is 65.5 Å². The summed E-state index contributed by atoms with van der Waals surface area (Å²) in [6, 6.07) is 25.7. The van der Waals surface area contributed by atoms with E-state index in [0.717, 1.165) is 56.4 Å². The average molecular weight is 1050 g/mol. The second-order valence-electron chi connectivity index (χ2n) is 18.7. The van der Waals surface area contributed by atoms with Crippen LogP contribution in [-0.2, 0) is 32.6 Å². The number of halogens is 4. The molecule has 1 saturated carbocycles. The van der Waals surface area contributed by atoms with Gasteiger partial charge in [-0.25, -0.2) is 13.2 Å². The molecule has 5 heterocycles. The number of carbonyl (C=O) groups is 2. The molecule has 382 valence electrons. The Bertz CT molecular complexity index is 2790. The first-order valence-electron chi connectivity index (χ1n) is 24.0. The number of piperidine rings is 3. The van der Waals surface area contributed by atoms with Crippen molar-refractivity contribution in [1.29, 1.82) is 0 Å². The summed E-state index contributed by atoms with van der Waals surface area (Å²) in [7, 11) is -4.04. The van der Waals surface area contributed by atoms with E-state index < -0.39 is 46.7 Å². The maximum atomic E-state index is 14.1. The molecule has 1 unspecified atom stereocenters. The molecular weight excluding hydrogens is 996 g/mol. The first-order chi connectivity index (χ1) is 34.7. The summed E-state index contributed by atoms with van der Waals surface area (Å²) in [5.74, 6) is -1.52. The molecule has 10 rings (SSSR count). The lowest BCUT2D eigenvalue weighted by molar-refractivity contribution is -0.904. The van der Waals surface area contributed by atoms with E-state index in [0.29, 0.717) is 33.1 Å². The van der Waals surface area contributed by atoms with Crippen molar-refractivity contribution in [2.24, 2.45) is 11.8 Å². The SMILES string of the molecule is O=C(N[C@@H](c1ccccc1)c1cccc(OCc2ccc(S(=O)(=O)N3CCN(C(C(=O)[O-])[C@@H](Cc4c(Cl)c[n+](O)cc4Cl)c4ccc(OC(F)F)c(OCC5CC5)c4)CC3)cc2)c1)O[C@H]1CN2CCC1CC2. The summed E-state index contributed by atoms with van der Waals surface area (Å²) in [4.78, 5) is 30.6. The molecule has 4 aliphatic heterocycles. The summed E-state index contributed by atoms with van der Waals surface area (Å²) in [5, 5.41) is 26.5.